The normalized spacial score (nSPS) is 17.6. The topological polar surface area (TPSA) is 84.9 Å². The van der Waals surface area contributed by atoms with Crippen molar-refractivity contribution in [3.05, 3.63) is 71.5 Å². The second-order valence-electron chi connectivity index (χ2n) is 9.36. The molecule has 2 aromatic rings. The van der Waals surface area contributed by atoms with E-state index in [0.29, 0.717) is 18.8 Å². The van der Waals surface area contributed by atoms with Crippen LogP contribution in [0.3, 0.4) is 0 Å². The Morgan fingerprint density at radius 2 is 1.60 bits per heavy atom. The van der Waals surface area contributed by atoms with Gasteiger partial charge in [-0.25, -0.2) is 4.79 Å². The number of hydrogen-bond donors (Lipinski definition) is 1. The van der Waals surface area contributed by atoms with Crippen molar-refractivity contribution in [1.82, 2.24) is 10.2 Å². The molecular formula is C28H32N2O5. The van der Waals surface area contributed by atoms with E-state index in [4.69, 9.17) is 9.47 Å². The molecule has 1 N–H and O–H groups in total. The summed E-state index contributed by atoms with van der Waals surface area (Å²) in [5.41, 5.74) is 4.50. The van der Waals surface area contributed by atoms with Crippen molar-refractivity contribution in [3.8, 4) is 11.1 Å². The van der Waals surface area contributed by atoms with Crippen molar-refractivity contribution in [2.75, 3.05) is 13.2 Å². The number of amides is 3. The molecule has 4 rings (SSSR count). The largest absolute Gasteiger partial charge is 0.496 e. The summed E-state index contributed by atoms with van der Waals surface area (Å²) in [6, 6.07) is 14.8. The maximum absolute atomic E-state index is 13.2. The highest BCUT2D eigenvalue weighted by Gasteiger charge is 2.41. The molecule has 7 nitrogen and oxygen atoms in total. The van der Waals surface area contributed by atoms with Crippen LogP contribution >= 0.6 is 0 Å². The van der Waals surface area contributed by atoms with Gasteiger partial charge in [0.1, 0.15) is 18.4 Å². The Labute approximate surface area is 206 Å². The molecule has 0 aromatic heterocycles. The highest BCUT2D eigenvalue weighted by atomic mass is 16.5. The molecule has 0 unspecified atom stereocenters. The Morgan fingerprint density at radius 1 is 1.00 bits per heavy atom. The van der Waals surface area contributed by atoms with Crippen molar-refractivity contribution in [2.24, 2.45) is 5.92 Å². The molecule has 1 aliphatic carbocycles. The zero-order valence-electron chi connectivity index (χ0n) is 20.6. The number of ether oxygens (including phenoxy) is 2. The lowest BCUT2D eigenvalue weighted by Crippen LogP contribution is -2.51. The molecule has 2 atom stereocenters. The van der Waals surface area contributed by atoms with Crippen LogP contribution in [0.25, 0.3) is 11.1 Å². The monoisotopic (exact) mass is 476 g/mol. The molecule has 0 fully saturated rings. The van der Waals surface area contributed by atoms with Crippen LogP contribution in [0.2, 0.25) is 0 Å². The van der Waals surface area contributed by atoms with E-state index < -0.39 is 30.0 Å². The lowest BCUT2D eigenvalue weighted by atomic mass is 9.98. The Balaban J connectivity index is 1.40. The Kier molecular flexibility index (Phi) is 7.24. The van der Waals surface area contributed by atoms with Crippen molar-refractivity contribution in [1.29, 1.82) is 0 Å². The SMILES string of the molecule is CCOC1=CC(=O)N(C(=O)[C@H](C)NC(=O)OCC2c3ccccc3-c3ccccc32)[C@H]1CC(C)C. The molecular weight excluding hydrogens is 444 g/mol. The highest BCUT2D eigenvalue weighted by molar-refractivity contribution is 6.06. The van der Waals surface area contributed by atoms with E-state index in [1.54, 1.807) is 6.92 Å². The van der Waals surface area contributed by atoms with Gasteiger partial charge >= 0.3 is 6.09 Å². The van der Waals surface area contributed by atoms with E-state index in [1.807, 2.05) is 57.2 Å². The minimum Gasteiger partial charge on any atom is -0.496 e. The number of nitrogens with zero attached hydrogens (tertiary/aromatic N) is 1. The molecule has 2 aromatic carbocycles. The molecule has 2 aliphatic rings. The summed E-state index contributed by atoms with van der Waals surface area (Å²) in [7, 11) is 0. The predicted octanol–water partition coefficient (Wildman–Crippen LogP) is 4.62. The highest BCUT2D eigenvalue weighted by Crippen LogP contribution is 2.44. The van der Waals surface area contributed by atoms with E-state index in [0.717, 1.165) is 22.3 Å². The lowest BCUT2D eigenvalue weighted by molar-refractivity contribution is -0.144. The predicted molar refractivity (Wildman–Crippen MR) is 132 cm³/mol. The number of carbonyl (C=O) groups is 3. The summed E-state index contributed by atoms with van der Waals surface area (Å²) in [5, 5.41) is 2.60. The Bertz CT molecular complexity index is 1110. The van der Waals surface area contributed by atoms with Crippen molar-refractivity contribution in [2.45, 2.75) is 52.1 Å². The molecule has 0 saturated heterocycles. The van der Waals surface area contributed by atoms with Gasteiger partial charge in [0.2, 0.25) is 0 Å². The molecule has 0 radical (unpaired) electrons. The number of rotatable bonds is 8. The number of alkyl carbamates (subject to hydrolysis) is 1. The van der Waals surface area contributed by atoms with Gasteiger partial charge in [-0.3, -0.25) is 14.5 Å². The number of carbonyl (C=O) groups excluding carboxylic acids is 3. The van der Waals surface area contributed by atoms with Crippen LogP contribution in [0.15, 0.2) is 60.4 Å². The van der Waals surface area contributed by atoms with Gasteiger partial charge in [-0.2, -0.15) is 0 Å². The number of benzene rings is 2. The van der Waals surface area contributed by atoms with Crippen LogP contribution in [0, 0.1) is 5.92 Å². The van der Waals surface area contributed by atoms with Gasteiger partial charge in [0.15, 0.2) is 0 Å². The van der Waals surface area contributed by atoms with Crippen molar-refractivity contribution >= 4 is 17.9 Å². The second-order valence-corrected chi connectivity index (χ2v) is 9.36. The number of imide groups is 1. The van der Waals surface area contributed by atoms with E-state index in [-0.39, 0.29) is 18.4 Å². The molecule has 1 heterocycles. The summed E-state index contributed by atoms with van der Waals surface area (Å²) in [5.74, 6) is -0.249. The van der Waals surface area contributed by atoms with Gasteiger partial charge in [-0.1, -0.05) is 62.4 Å². The van der Waals surface area contributed by atoms with Crippen LogP contribution in [0.4, 0.5) is 4.79 Å². The van der Waals surface area contributed by atoms with Crippen LogP contribution in [-0.2, 0) is 19.1 Å². The molecule has 0 spiro atoms. The summed E-state index contributed by atoms with van der Waals surface area (Å²) >= 11 is 0. The Morgan fingerprint density at radius 3 is 2.17 bits per heavy atom. The fraction of sp³-hybridized carbons (Fsp3) is 0.393. The standard InChI is InChI=1S/C28H32N2O5/c1-5-34-25-15-26(31)30(24(25)14-17(2)3)27(32)18(4)29-28(33)35-16-23-21-12-8-6-10-19(21)20-11-7-9-13-22(20)23/h6-13,15,17-18,23-24H,5,14,16H2,1-4H3,(H,29,33)/t18-,24-/m0/s1. The third kappa shape index (κ3) is 4.94. The van der Waals surface area contributed by atoms with E-state index in [1.165, 1.54) is 11.0 Å². The number of hydrogen-bond acceptors (Lipinski definition) is 5. The van der Waals surface area contributed by atoms with Crippen LogP contribution in [-0.4, -0.2) is 48.1 Å². The first-order valence-corrected chi connectivity index (χ1v) is 12.1. The fourth-order valence-corrected chi connectivity index (χ4v) is 4.89. The number of nitrogens with one attached hydrogen (secondary N) is 1. The van der Waals surface area contributed by atoms with Gasteiger partial charge in [0.25, 0.3) is 11.8 Å². The average Bonchev–Trinajstić information content (AvgIpc) is 3.31. The minimum absolute atomic E-state index is 0.0762. The van der Waals surface area contributed by atoms with Crippen molar-refractivity contribution in [3.63, 3.8) is 0 Å². The zero-order valence-corrected chi connectivity index (χ0v) is 20.6. The van der Waals surface area contributed by atoms with E-state index in [9.17, 15) is 14.4 Å². The molecule has 0 saturated carbocycles. The first-order valence-electron chi connectivity index (χ1n) is 12.1. The molecule has 0 bridgehead atoms. The molecule has 35 heavy (non-hydrogen) atoms. The minimum atomic E-state index is -0.932. The van der Waals surface area contributed by atoms with Gasteiger partial charge in [0, 0.05) is 12.0 Å². The summed E-state index contributed by atoms with van der Waals surface area (Å²) in [6.45, 7) is 7.99. The average molecular weight is 477 g/mol. The zero-order chi connectivity index (χ0) is 25.1. The molecule has 3 amide bonds. The molecule has 184 valence electrons. The van der Waals surface area contributed by atoms with Crippen LogP contribution < -0.4 is 5.32 Å². The molecule has 1 aliphatic heterocycles. The smallest absolute Gasteiger partial charge is 0.407 e. The van der Waals surface area contributed by atoms with E-state index >= 15 is 0 Å². The summed E-state index contributed by atoms with van der Waals surface area (Å²) in [6.07, 6.45) is 1.26. The third-order valence-electron chi connectivity index (χ3n) is 6.43. The van der Waals surface area contributed by atoms with Gasteiger partial charge < -0.3 is 14.8 Å². The second kappa shape index (κ2) is 10.3. The van der Waals surface area contributed by atoms with Gasteiger partial charge in [0.05, 0.1) is 12.6 Å². The maximum atomic E-state index is 13.2. The molecule has 7 heteroatoms. The van der Waals surface area contributed by atoms with Crippen LogP contribution in [0.1, 0.15) is 51.2 Å². The first kappa shape index (κ1) is 24.5. The maximum Gasteiger partial charge on any atom is 0.407 e. The van der Waals surface area contributed by atoms with Gasteiger partial charge in [-0.15, -0.1) is 0 Å². The van der Waals surface area contributed by atoms with E-state index in [2.05, 4.69) is 17.4 Å². The quantitative estimate of drug-likeness (QED) is 0.601. The van der Waals surface area contributed by atoms with Crippen molar-refractivity contribution < 1.29 is 23.9 Å². The number of fused-ring (bicyclic) bond motifs is 3. The lowest BCUT2D eigenvalue weighted by Gasteiger charge is -2.29. The Hall–Kier alpha value is -3.61. The fourth-order valence-electron chi connectivity index (χ4n) is 4.89. The summed E-state index contributed by atoms with van der Waals surface area (Å²) < 4.78 is 11.2. The van der Waals surface area contributed by atoms with Crippen LogP contribution in [0.5, 0.6) is 0 Å². The van der Waals surface area contributed by atoms with Gasteiger partial charge in [-0.05, 0) is 48.4 Å². The first-order chi connectivity index (χ1) is 16.8. The third-order valence-corrected chi connectivity index (χ3v) is 6.43. The summed E-state index contributed by atoms with van der Waals surface area (Å²) in [4.78, 5) is 39.6.